The largest absolute Gasteiger partial charge is 2.00 e. The maximum Gasteiger partial charge on any atom is 2.00 e. The number of rotatable bonds is 3. The second-order valence-corrected chi connectivity index (χ2v) is 6.61. The van der Waals surface area contributed by atoms with E-state index in [1.165, 1.54) is 48.7 Å². The van der Waals surface area contributed by atoms with E-state index < -0.39 is 14.9 Å². The number of nitro groups is 1. The standard InChI is InChI=1S/C9H12NO2S.C6H4NO2.W/c1-8-6-4-5-7-9(8)13(11,12)10(2)3;8-7(9)6-4-2-1-3-5-6;/h4,6-7H,1-3H3;2-5H;/q2*-1;+2. The normalized spacial score (nSPS) is 10.3. The Hall–Kier alpha value is -1.56. The summed E-state index contributed by atoms with van der Waals surface area (Å²) in [7, 11) is -0.274. The van der Waals surface area contributed by atoms with Gasteiger partial charge in [-0.2, -0.15) is 42.5 Å². The molecule has 0 saturated heterocycles. The summed E-state index contributed by atoms with van der Waals surface area (Å²) in [5.41, 5.74) is 0.848. The van der Waals surface area contributed by atoms with Crippen LogP contribution in [0.1, 0.15) is 5.56 Å². The van der Waals surface area contributed by atoms with Crippen LogP contribution in [0.15, 0.2) is 47.4 Å². The van der Waals surface area contributed by atoms with Crippen LogP contribution < -0.4 is 0 Å². The Morgan fingerprint density at radius 1 is 1.09 bits per heavy atom. The molecule has 8 heteroatoms. The summed E-state index contributed by atoms with van der Waals surface area (Å²) in [6, 6.07) is 16.2. The summed E-state index contributed by atoms with van der Waals surface area (Å²) in [5, 5.41) is 9.99. The Morgan fingerprint density at radius 3 is 2.00 bits per heavy atom. The predicted octanol–water partition coefficient (Wildman–Crippen LogP) is 2.44. The van der Waals surface area contributed by atoms with Crippen molar-refractivity contribution in [3.8, 4) is 0 Å². The molecule has 0 atom stereocenters. The number of aryl methyl sites for hydroxylation is 1. The summed E-state index contributed by atoms with van der Waals surface area (Å²) >= 11 is 0. The molecule has 0 aliphatic rings. The fourth-order valence-corrected chi connectivity index (χ4v) is 2.55. The Balaban J connectivity index is 0.000000427. The number of hydrogen-bond acceptors (Lipinski definition) is 4. The fraction of sp³-hybridized carbons (Fsp3) is 0.200. The third-order valence-electron chi connectivity index (χ3n) is 2.70. The van der Waals surface area contributed by atoms with Crippen molar-refractivity contribution in [2.45, 2.75) is 11.8 Å². The molecule has 0 saturated carbocycles. The van der Waals surface area contributed by atoms with E-state index in [0.29, 0.717) is 4.90 Å². The Morgan fingerprint density at radius 2 is 1.61 bits per heavy atom. The van der Waals surface area contributed by atoms with Crippen molar-refractivity contribution < 1.29 is 34.4 Å². The summed E-state index contributed by atoms with van der Waals surface area (Å²) in [5.74, 6) is 0. The van der Waals surface area contributed by atoms with Gasteiger partial charge in [0, 0.05) is 19.0 Å². The molecule has 0 N–H and O–H groups in total. The van der Waals surface area contributed by atoms with E-state index in [1.807, 2.05) is 0 Å². The minimum atomic E-state index is -3.31. The van der Waals surface area contributed by atoms with Crippen molar-refractivity contribution in [3.05, 3.63) is 70.3 Å². The van der Waals surface area contributed by atoms with Gasteiger partial charge in [-0.3, -0.25) is 10.1 Å². The molecular weight excluding hydrogens is 488 g/mol. The van der Waals surface area contributed by atoms with Crippen molar-refractivity contribution in [1.82, 2.24) is 4.31 Å². The van der Waals surface area contributed by atoms with E-state index in [1.54, 1.807) is 19.1 Å². The van der Waals surface area contributed by atoms with Gasteiger partial charge in [0.2, 0.25) is 0 Å². The second kappa shape index (κ2) is 9.55. The van der Waals surface area contributed by atoms with E-state index in [2.05, 4.69) is 12.1 Å². The SMILES string of the molecule is Cc1cc[c-]cc1S(=O)(=O)N(C)C.O=[N+]([O-])c1cc[c-]cc1.[W+2]. The van der Waals surface area contributed by atoms with E-state index in [-0.39, 0.29) is 26.8 Å². The van der Waals surface area contributed by atoms with Crippen molar-refractivity contribution in [3.63, 3.8) is 0 Å². The molecule has 2 rings (SSSR count). The third-order valence-corrected chi connectivity index (χ3v) is 4.66. The fourth-order valence-electron chi connectivity index (χ4n) is 1.47. The molecule has 0 aliphatic heterocycles. The predicted molar refractivity (Wildman–Crippen MR) is 82.8 cm³/mol. The zero-order chi connectivity index (χ0) is 16.8. The third kappa shape index (κ3) is 6.21. The quantitative estimate of drug-likeness (QED) is 0.366. The molecule has 23 heavy (non-hydrogen) atoms. The number of nitro benzene ring substituents is 1. The van der Waals surface area contributed by atoms with Crippen molar-refractivity contribution >= 4 is 15.7 Å². The first-order chi connectivity index (χ1) is 10.3. The number of benzene rings is 2. The Labute approximate surface area is 150 Å². The molecule has 0 aliphatic carbocycles. The van der Waals surface area contributed by atoms with Crippen LogP contribution >= 0.6 is 0 Å². The molecule has 122 valence electrons. The van der Waals surface area contributed by atoms with Gasteiger partial charge < -0.3 is 0 Å². The minimum absolute atomic E-state index is 0. The zero-order valence-corrected chi connectivity index (χ0v) is 16.6. The Kier molecular flexibility index (Phi) is 8.90. The Bertz CT molecular complexity index is 734. The van der Waals surface area contributed by atoms with Gasteiger partial charge in [-0.25, -0.2) is 12.7 Å². The average Bonchev–Trinajstić information content (AvgIpc) is 2.49. The van der Waals surface area contributed by atoms with E-state index >= 15 is 0 Å². The van der Waals surface area contributed by atoms with Gasteiger partial charge in [-0.05, 0) is 4.90 Å². The smallest absolute Gasteiger partial charge is 0.260 e. The molecule has 0 aromatic heterocycles. The van der Waals surface area contributed by atoms with Crippen LogP contribution in [0.4, 0.5) is 5.69 Å². The van der Waals surface area contributed by atoms with Gasteiger partial charge in [0.15, 0.2) is 15.7 Å². The molecule has 0 fully saturated rings. The van der Waals surface area contributed by atoms with Crippen LogP contribution in [0.2, 0.25) is 0 Å². The van der Waals surface area contributed by atoms with Gasteiger partial charge in [-0.15, -0.1) is 5.56 Å². The molecule has 2 aromatic rings. The van der Waals surface area contributed by atoms with Crippen LogP contribution in [0.5, 0.6) is 0 Å². The monoisotopic (exact) mass is 504 g/mol. The number of non-ortho nitro benzene ring substituents is 1. The zero-order valence-electron chi connectivity index (χ0n) is 12.9. The van der Waals surface area contributed by atoms with E-state index in [9.17, 15) is 18.5 Å². The molecule has 0 heterocycles. The molecule has 0 amide bonds. The van der Waals surface area contributed by atoms with Crippen molar-refractivity contribution in [1.29, 1.82) is 0 Å². The molecule has 0 spiro atoms. The first-order valence-electron chi connectivity index (χ1n) is 6.26. The van der Waals surface area contributed by atoms with E-state index in [0.717, 1.165) is 5.56 Å². The van der Waals surface area contributed by atoms with Gasteiger partial charge in [0.1, 0.15) is 0 Å². The first kappa shape index (κ1) is 21.4. The van der Waals surface area contributed by atoms with Crippen molar-refractivity contribution in [2.24, 2.45) is 0 Å². The average molecular weight is 504 g/mol. The van der Waals surface area contributed by atoms with Crippen LogP contribution in [-0.2, 0) is 31.1 Å². The number of nitrogens with zero attached hydrogens (tertiary/aromatic N) is 2. The number of sulfonamides is 1. The molecular formula is C15H16N2O4SW. The van der Waals surface area contributed by atoms with Gasteiger partial charge in [0.05, 0.1) is 0 Å². The molecule has 0 radical (unpaired) electrons. The van der Waals surface area contributed by atoms with Crippen LogP contribution in [0.3, 0.4) is 0 Å². The van der Waals surface area contributed by atoms with Crippen LogP contribution in [0.25, 0.3) is 0 Å². The molecule has 0 unspecified atom stereocenters. The molecule has 6 nitrogen and oxygen atoms in total. The second-order valence-electron chi connectivity index (χ2n) is 4.49. The number of hydrogen-bond donors (Lipinski definition) is 0. The molecule has 0 bridgehead atoms. The summed E-state index contributed by atoms with van der Waals surface area (Å²) in [6.07, 6.45) is 0. The van der Waals surface area contributed by atoms with Crippen LogP contribution in [-0.4, -0.2) is 31.7 Å². The summed E-state index contributed by atoms with van der Waals surface area (Å²) in [4.78, 5) is 9.88. The van der Waals surface area contributed by atoms with E-state index in [4.69, 9.17) is 0 Å². The summed E-state index contributed by atoms with van der Waals surface area (Å²) in [6.45, 7) is 1.77. The van der Waals surface area contributed by atoms with Gasteiger partial charge in [-0.1, -0.05) is 19.1 Å². The van der Waals surface area contributed by atoms with Crippen molar-refractivity contribution in [2.75, 3.05) is 14.1 Å². The topological polar surface area (TPSA) is 80.5 Å². The van der Waals surface area contributed by atoms with Gasteiger partial charge in [0.25, 0.3) is 0 Å². The summed E-state index contributed by atoms with van der Waals surface area (Å²) < 4.78 is 24.5. The van der Waals surface area contributed by atoms with Gasteiger partial charge >= 0.3 is 21.1 Å². The maximum atomic E-state index is 11.7. The maximum absolute atomic E-state index is 11.7. The first-order valence-corrected chi connectivity index (χ1v) is 7.70. The minimum Gasteiger partial charge on any atom is -0.260 e. The molecule has 2 aromatic carbocycles. The van der Waals surface area contributed by atoms with Crippen LogP contribution in [0, 0.1) is 29.2 Å².